The number of fused-ring (bicyclic) bond motifs is 1. The summed E-state index contributed by atoms with van der Waals surface area (Å²) in [5.74, 6) is 1.96. The number of ether oxygens (including phenoxy) is 1. The summed E-state index contributed by atoms with van der Waals surface area (Å²) in [4.78, 5) is 4.85. The molecule has 1 fully saturated rings. The van der Waals surface area contributed by atoms with Crippen LogP contribution in [-0.2, 0) is 18.3 Å². The topological polar surface area (TPSA) is 53.1 Å². The Bertz CT molecular complexity index is 634. The first kappa shape index (κ1) is 13.6. The maximum atomic E-state index is 5.96. The lowest BCUT2D eigenvalue weighted by Crippen LogP contribution is -2.19. The first-order chi connectivity index (χ1) is 9.52. The van der Waals surface area contributed by atoms with Crippen LogP contribution >= 0.6 is 0 Å². The van der Waals surface area contributed by atoms with Gasteiger partial charge in [-0.1, -0.05) is 13.0 Å². The summed E-state index contributed by atoms with van der Waals surface area (Å²) in [5.41, 5.74) is 9.07. The lowest BCUT2D eigenvalue weighted by Gasteiger charge is -2.18. The molecule has 0 amide bonds. The van der Waals surface area contributed by atoms with Crippen LogP contribution in [0.15, 0.2) is 18.2 Å². The largest absolute Gasteiger partial charge is 0.374 e. The Kier molecular flexibility index (Phi) is 3.30. The summed E-state index contributed by atoms with van der Waals surface area (Å²) in [5, 5.41) is 0. The Morgan fingerprint density at radius 2 is 2.00 bits per heavy atom. The Labute approximate surface area is 119 Å². The SMILES string of the molecule is CC1OC(C)C(c2nc3ccc(CN)cc3n2C)C1C. The highest BCUT2D eigenvalue weighted by Crippen LogP contribution is 2.40. The minimum atomic E-state index is 0.212. The van der Waals surface area contributed by atoms with E-state index in [1.807, 2.05) is 0 Å². The molecule has 1 aromatic carbocycles. The van der Waals surface area contributed by atoms with Crippen molar-refractivity contribution in [3.8, 4) is 0 Å². The van der Waals surface area contributed by atoms with E-state index >= 15 is 0 Å². The quantitative estimate of drug-likeness (QED) is 0.915. The molecule has 0 spiro atoms. The molecule has 1 aromatic heterocycles. The van der Waals surface area contributed by atoms with Gasteiger partial charge in [0.25, 0.3) is 0 Å². The smallest absolute Gasteiger partial charge is 0.115 e. The van der Waals surface area contributed by atoms with Crippen molar-refractivity contribution in [1.82, 2.24) is 9.55 Å². The van der Waals surface area contributed by atoms with Crippen molar-refractivity contribution < 1.29 is 4.74 Å². The van der Waals surface area contributed by atoms with E-state index in [1.165, 1.54) is 0 Å². The van der Waals surface area contributed by atoms with Crippen molar-refractivity contribution in [2.75, 3.05) is 0 Å². The number of hydrogen-bond acceptors (Lipinski definition) is 3. The van der Waals surface area contributed by atoms with Crippen molar-refractivity contribution in [2.24, 2.45) is 18.7 Å². The van der Waals surface area contributed by atoms with E-state index in [1.54, 1.807) is 0 Å². The van der Waals surface area contributed by atoms with Gasteiger partial charge in [-0.05, 0) is 37.5 Å². The Hall–Kier alpha value is -1.39. The van der Waals surface area contributed by atoms with Crippen LogP contribution in [0.1, 0.15) is 38.1 Å². The van der Waals surface area contributed by atoms with E-state index in [0.717, 1.165) is 22.4 Å². The van der Waals surface area contributed by atoms with Crippen LogP contribution < -0.4 is 5.73 Å². The third kappa shape index (κ3) is 1.95. The molecule has 3 rings (SSSR count). The number of nitrogens with two attached hydrogens (primary N) is 1. The number of benzene rings is 1. The zero-order chi connectivity index (χ0) is 14.4. The molecule has 1 saturated heterocycles. The van der Waals surface area contributed by atoms with Gasteiger partial charge in [0.2, 0.25) is 0 Å². The number of aromatic nitrogens is 2. The highest BCUT2D eigenvalue weighted by Gasteiger charge is 2.40. The molecule has 20 heavy (non-hydrogen) atoms. The fourth-order valence-electron chi connectivity index (χ4n) is 3.39. The van der Waals surface area contributed by atoms with E-state index in [-0.39, 0.29) is 12.2 Å². The first-order valence-corrected chi connectivity index (χ1v) is 7.33. The molecular formula is C16H23N3O. The van der Waals surface area contributed by atoms with Crippen LogP contribution in [0.3, 0.4) is 0 Å². The minimum Gasteiger partial charge on any atom is -0.374 e. The molecule has 4 nitrogen and oxygen atoms in total. The summed E-state index contributed by atoms with van der Waals surface area (Å²) in [6.07, 6.45) is 0.499. The third-order valence-electron chi connectivity index (χ3n) is 4.76. The summed E-state index contributed by atoms with van der Waals surface area (Å²) in [7, 11) is 2.09. The Morgan fingerprint density at radius 3 is 2.60 bits per heavy atom. The summed E-state index contributed by atoms with van der Waals surface area (Å²) < 4.78 is 8.16. The number of aryl methyl sites for hydroxylation is 1. The van der Waals surface area contributed by atoms with Crippen molar-refractivity contribution in [1.29, 1.82) is 0 Å². The van der Waals surface area contributed by atoms with Gasteiger partial charge in [-0.3, -0.25) is 0 Å². The fourth-order valence-corrected chi connectivity index (χ4v) is 3.39. The van der Waals surface area contributed by atoms with E-state index in [2.05, 4.69) is 50.6 Å². The maximum absolute atomic E-state index is 5.96. The average molecular weight is 273 g/mol. The zero-order valence-electron chi connectivity index (χ0n) is 12.6. The van der Waals surface area contributed by atoms with Gasteiger partial charge < -0.3 is 15.0 Å². The van der Waals surface area contributed by atoms with Crippen molar-refractivity contribution >= 4 is 11.0 Å². The minimum absolute atomic E-state index is 0.212. The van der Waals surface area contributed by atoms with E-state index in [9.17, 15) is 0 Å². The second kappa shape index (κ2) is 4.86. The number of imidazole rings is 1. The zero-order valence-corrected chi connectivity index (χ0v) is 12.6. The van der Waals surface area contributed by atoms with Crippen molar-refractivity contribution in [3.63, 3.8) is 0 Å². The molecule has 0 bridgehead atoms. The Morgan fingerprint density at radius 1 is 1.25 bits per heavy atom. The summed E-state index contributed by atoms with van der Waals surface area (Å²) in [6, 6.07) is 6.26. The molecular weight excluding hydrogens is 250 g/mol. The molecule has 4 atom stereocenters. The Balaban J connectivity index is 2.10. The van der Waals surface area contributed by atoms with Crippen LogP contribution in [0.4, 0.5) is 0 Å². The fraction of sp³-hybridized carbons (Fsp3) is 0.562. The number of hydrogen-bond donors (Lipinski definition) is 1. The first-order valence-electron chi connectivity index (χ1n) is 7.33. The standard InChI is InChI=1S/C16H23N3O/c1-9-10(2)20-11(3)15(9)16-18-13-6-5-12(8-17)7-14(13)19(16)4/h5-7,9-11,15H,8,17H2,1-4H3. The predicted octanol–water partition coefficient (Wildman–Crippen LogP) is 2.56. The molecule has 2 N–H and O–H groups in total. The molecule has 0 aliphatic carbocycles. The molecule has 4 unspecified atom stereocenters. The van der Waals surface area contributed by atoms with Crippen LogP contribution in [0.25, 0.3) is 11.0 Å². The lowest BCUT2D eigenvalue weighted by molar-refractivity contribution is 0.0552. The van der Waals surface area contributed by atoms with Crippen LogP contribution in [0.2, 0.25) is 0 Å². The molecule has 0 radical (unpaired) electrons. The second-order valence-corrected chi connectivity index (χ2v) is 5.99. The maximum Gasteiger partial charge on any atom is 0.115 e. The molecule has 0 saturated carbocycles. The molecule has 1 aliphatic rings. The highest BCUT2D eigenvalue weighted by atomic mass is 16.5. The number of nitrogens with zero attached hydrogens (tertiary/aromatic N) is 2. The van der Waals surface area contributed by atoms with Crippen LogP contribution in [-0.4, -0.2) is 21.8 Å². The second-order valence-electron chi connectivity index (χ2n) is 5.99. The van der Waals surface area contributed by atoms with Crippen LogP contribution in [0.5, 0.6) is 0 Å². The molecule has 2 aromatic rings. The van der Waals surface area contributed by atoms with Gasteiger partial charge in [0.05, 0.1) is 23.2 Å². The van der Waals surface area contributed by atoms with Gasteiger partial charge in [0.1, 0.15) is 5.82 Å². The number of rotatable bonds is 2. The molecule has 4 heteroatoms. The molecule has 2 heterocycles. The van der Waals surface area contributed by atoms with E-state index in [4.69, 9.17) is 15.5 Å². The predicted molar refractivity (Wildman–Crippen MR) is 80.5 cm³/mol. The summed E-state index contributed by atoms with van der Waals surface area (Å²) >= 11 is 0. The highest BCUT2D eigenvalue weighted by molar-refractivity contribution is 5.77. The normalized spacial score (nSPS) is 30.2. The van der Waals surface area contributed by atoms with E-state index < -0.39 is 0 Å². The van der Waals surface area contributed by atoms with Gasteiger partial charge >= 0.3 is 0 Å². The monoisotopic (exact) mass is 273 g/mol. The van der Waals surface area contributed by atoms with Gasteiger partial charge in [-0.25, -0.2) is 4.98 Å². The molecule has 108 valence electrons. The van der Waals surface area contributed by atoms with Crippen molar-refractivity contribution in [2.45, 2.75) is 45.4 Å². The van der Waals surface area contributed by atoms with Crippen LogP contribution in [0, 0.1) is 5.92 Å². The van der Waals surface area contributed by atoms with Gasteiger partial charge in [-0.15, -0.1) is 0 Å². The average Bonchev–Trinajstić information content (AvgIpc) is 2.87. The third-order valence-corrected chi connectivity index (χ3v) is 4.76. The van der Waals surface area contributed by atoms with E-state index in [0.29, 0.717) is 18.4 Å². The van der Waals surface area contributed by atoms with Gasteiger partial charge in [0.15, 0.2) is 0 Å². The summed E-state index contributed by atoms with van der Waals surface area (Å²) in [6.45, 7) is 7.11. The molecule has 1 aliphatic heterocycles. The van der Waals surface area contributed by atoms with Crippen molar-refractivity contribution in [3.05, 3.63) is 29.6 Å². The lowest BCUT2D eigenvalue weighted by atomic mass is 9.89. The van der Waals surface area contributed by atoms with Gasteiger partial charge in [-0.2, -0.15) is 0 Å². The van der Waals surface area contributed by atoms with Gasteiger partial charge in [0, 0.05) is 19.5 Å².